The molecule has 2 aromatic rings. The van der Waals surface area contributed by atoms with Crippen LogP contribution in [0.25, 0.3) is 0 Å². The molecule has 2 N–H and O–H groups in total. The van der Waals surface area contributed by atoms with Crippen molar-refractivity contribution in [3.8, 4) is 0 Å². The molecule has 0 aliphatic carbocycles. The van der Waals surface area contributed by atoms with Crippen LogP contribution in [0.3, 0.4) is 0 Å². The molecule has 106 valence electrons. The molecule has 1 fully saturated rings. The Balaban J connectivity index is 1.66. The minimum absolute atomic E-state index is 0.117. The van der Waals surface area contributed by atoms with E-state index in [1.807, 2.05) is 13.1 Å². The van der Waals surface area contributed by atoms with Gasteiger partial charge in [0, 0.05) is 23.6 Å². The van der Waals surface area contributed by atoms with Crippen molar-refractivity contribution in [1.82, 2.24) is 20.5 Å². The number of aryl methyl sites for hydroxylation is 1. The lowest BCUT2D eigenvalue weighted by Gasteiger charge is -2.08. The van der Waals surface area contributed by atoms with Crippen molar-refractivity contribution in [2.24, 2.45) is 0 Å². The van der Waals surface area contributed by atoms with Crippen molar-refractivity contribution >= 4 is 17.2 Å². The Labute approximate surface area is 120 Å². The molecule has 1 saturated heterocycles. The molecule has 20 heavy (non-hydrogen) atoms. The fourth-order valence-electron chi connectivity index (χ4n) is 2.28. The van der Waals surface area contributed by atoms with Crippen LogP contribution in [0.2, 0.25) is 0 Å². The Morgan fingerprint density at radius 1 is 1.60 bits per heavy atom. The average molecular weight is 292 g/mol. The highest BCUT2D eigenvalue weighted by molar-refractivity contribution is 7.11. The molecule has 0 unspecified atom stereocenters. The molecule has 6 nitrogen and oxygen atoms in total. The second-order valence-electron chi connectivity index (χ2n) is 4.81. The molecule has 0 aromatic carbocycles. The van der Waals surface area contributed by atoms with Crippen molar-refractivity contribution in [3.05, 3.63) is 33.5 Å². The number of H-pyrrole nitrogens is 1. The zero-order chi connectivity index (χ0) is 13.9. The Bertz CT molecular complexity index is 601. The number of ether oxygens (including phenoxy) is 1. The summed E-state index contributed by atoms with van der Waals surface area (Å²) in [6, 6.07) is 0. The van der Waals surface area contributed by atoms with Gasteiger partial charge in [-0.15, -0.1) is 11.3 Å². The zero-order valence-corrected chi connectivity index (χ0v) is 12.0. The van der Waals surface area contributed by atoms with Crippen LogP contribution in [-0.2, 0) is 11.3 Å². The topological polar surface area (TPSA) is 79.9 Å². The number of rotatable bonds is 4. The van der Waals surface area contributed by atoms with Gasteiger partial charge in [-0.3, -0.25) is 9.89 Å². The number of hydrogen-bond donors (Lipinski definition) is 2. The van der Waals surface area contributed by atoms with Gasteiger partial charge in [-0.1, -0.05) is 0 Å². The maximum Gasteiger partial charge on any atom is 0.255 e. The molecule has 0 radical (unpaired) electrons. The first-order valence-corrected chi connectivity index (χ1v) is 7.36. The number of aromatic nitrogens is 3. The number of nitrogens with zero attached hydrogens (tertiary/aromatic N) is 2. The van der Waals surface area contributed by atoms with Crippen molar-refractivity contribution < 1.29 is 9.53 Å². The van der Waals surface area contributed by atoms with Gasteiger partial charge >= 0.3 is 0 Å². The summed E-state index contributed by atoms with van der Waals surface area (Å²) in [5, 5.41) is 10.7. The van der Waals surface area contributed by atoms with Crippen LogP contribution in [0, 0.1) is 6.92 Å². The molecule has 1 aliphatic heterocycles. The summed E-state index contributed by atoms with van der Waals surface area (Å²) >= 11 is 1.59. The van der Waals surface area contributed by atoms with Gasteiger partial charge < -0.3 is 10.1 Å². The van der Waals surface area contributed by atoms with Crippen LogP contribution in [0.1, 0.15) is 38.3 Å². The van der Waals surface area contributed by atoms with E-state index in [0.29, 0.717) is 18.7 Å². The SMILES string of the molecule is Cc1cnc(CNC(=O)c2cn[nH]c2[C@@H]2CCOC2)s1. The molecule has 1 atom stereocenters. The molecule has 0 spiro atoms. The van der Waals surface area contributed by atoms with Crippen LogP contribution >= 0.6 is 11.3 Å². The summed E-state index contributed by atoms with van der Waals surface area (Å²) in [7, 11) is 0. The van der Waals surface area contributed by atoms with Crippen LogP contribution in [0.15, 0.2) is 12.4 Å². The normalized spacial score (nSPS) is 18.4. The van der Waals surface area contributed by atoms with Crippen molar-refractivity contribution in [2.45, 2.75) is 25.8 Å². The van der Waals surface area contributed by atoms with E-state index in [9.17, 15) is 4.79 Å². The van der Waals surface area contributed by atoms with Gasteiger partial charge in [0.15, 0.2) is 0 Å². The Morgan fingerprint density at radius 2 is 2.50 bits per heavy atom. The van der Waals surface area contributed by atoms with E-state index in [0.717, 1.165) is 28.6 Å². The molecule has 0 saturated carbocycles. The highest BCUT2D eigenvalue weighted by atomic mass is 32.1. The van der Waals surface area contributed by atoms with E-state index in [4.69, 9.17) is 4.74 Å². The molecular formula is C13H16N4O2S. The number of amides is 1. The number of thiazole rings is 1. The smallest absolute Gasteiger partial charge is 0.255 e. The van der Waals surface area contributed by atoms with Crippen molar-refractivity contribution in [3.63, 3.8) is 0 Å². The Hall–Kier alpha value is -1.73. The van der Waals surface area contributed by atoms with Crippen LogP contribution in [0.4, 0.5) is 0 Å². The molecule has 1 aliphatic rings. The number of hydrogen-bond acceptors (Lipinski definition) is 5. The summed E-state index contributed by atoms with van der Waals surface area (Å²) in [6.07, 6.45) is 4.32. The number of carbonyl (C=O) groups excluding carboxylic acids is 1. The van der Waals surface area contributed by atoms with Gasteiger partial charge in [-0.05, 0) is 13.3 Å². The third-order valence-corrected chi connectivity index (χ3v) is 4.23. The molecular weight excluding hydrogens is 276 g/mol. The predicted octanol–water partition coefficient (Wildman–Crippen LogP) is 1.61. The van der Waals surface area contributed by atoms with Gasteiger partial charge in [-0.25, -0.2) is 4.98 Å². The van der Waals surface area contributed by atoms with E-state index in [-0.39, 0.29) is 11.8 Å². The third kappa shape index (κ3) is 2.73. The minimum atomic E-state index is -0.117. The van der Waals surface area contributed by atoms with Gasteiger partial charge in [0.2, 0.25) is 0 Å². The lowest BCUT2D eigenvalue weighted by Crippen LogP contribution is -2.24. The van der Waals surface area contributed by atoms with Crippen molar-refractivity contribution in [1.29, 1.82) is 0 Å². The lowest BCUT2D eigenvalue weighted by molar-refractivity contribution is 0.0949. The highest BCUT2D eigenvalue weighted by Crippen LogP contribution is 2.26. The van der Waals surface area contributed by atoms with Crippen LogP contribution in [0.5, 0.6) is 0 Å². The summed E-state index contributed by atoms with van der Waals surface area (Å²) in [4.78, 5) is 17.6. The molecule has 3 heterocycles. The number of nitrogens with one attached hydrogen (secondary N) is 2. The molecule has 1 amide bonds. The quantitative estimate of drug-likeness (QED) is 0.897. The van der Waals surface area contributed by atoms with Crippen molar-refractivity contribution in [2.75, 3.05) is 13.2 Å². The predicted molar refractivity (Wildman–Crippen MR) is 74.8 cm³/mol. The zero-order valence-electron chi connectivity index (χ0n) is 11.2. The average Bonchev–Trinajstić information content (AvgIpc) is 3.16. The Morgan fingerprint density at radius 3 is 3.20 bits per heavy atom. The van der Waals surface area contributed by atoms with Gasteiger partial charge in [0.05, 0.1) is 30.6 Å². The lowest BCUT2D eigenvalue weighted by atomic mass is 10.0. The largest absolute Gasteiger partial charge is 0.381 e. The van der Waals surface area contributed by atoms with E-state index in [1.54, 1.807) is 17.5 Å². The fourth-order valence-corrected chi connectivity index (χ4v) is 3.01. The van der Waals surface area contributed by atoms with Crippen LogP contribution in [-0.4, -0.2) is 34.3 Å². The summed E-state index contributed by atoms with van der Waals surface area (Å²) in [5.41, 5.74) is 1.48. The fraction of sp³-hybridized carbons (Fsp3) is 0.462. The summed E-state index contributed by atoms with van der Waals surface area (Å²) in [6.45, 7) is 3.83. The molecule has 3 rings (SSSR count). The molecule has 0 bridgehead atoms. The maximum atomic E-state index is 12.2. The maximum absolute atomic E-state index is 12.2. The first-order chi connectivity index (χ1) is 9.74. The number of carbonyl (C=O) groups is 1. The monoisotopic (exact) mass is 292 g/mol. The third-order valence-electron chi connectivity index (χ3n) is 3.32. The van der Waals surface area contributed by atoms with E-state index in [2.05, 4.69) is 20.5 Å². The minimum Gasteiger partial charge on any atom is -0.381 e. The second-order valence-corrected chi connectivity index (χ2v) is 6.12. The summed E-state index contributed by atoms with van der Waals surface area (Å²) in [5.74, 6) is 0.119. The first kappa shape index (κ1) is 13.3. The second kappa shape index (κ2) is 5.72. The van der Waals surface area contributed by atoms with E-state index in [1.165, 1.54) is 0 Å². The van der Waals surface area contributed by atoms with Gasteiger partial charge in [-0.2, -0.15) is 5.10 Å². The molecule has 2 aromatic heterocycles. The van der Waals surface area contributed by atoms with Gasteiger partial charge in [0.1, 0.15) is 5.01 Å². The molecule has 7 heteroatoms. The van der Waals surface area contributed by atoms with E-state index >= 15 is 0 Å². The Kier molecular flexibility index (Phi) is 3.79. The van der Waals surface area contributed by atoms with Gasteiger partial charge in [0.25, 0.3) is 5.91 Å². The summed E-state index contributed by atoms with van der Waals surface area (Å²) < 4.78 is 5.36. The van der Waals surface area contributed by atoms with Crippen LogP contribution < -0.4 is 5.32 Å². The van der Waals surface area contributed by atoms with E-state index < -0.39 is 0 Å². The standard InChI is InChI=1S/C13H16N4O2S/c1-8-4-14-11(20-8)6-15-13(18)10-5-16-17-12(10)9-2-3-19-7-9/h4-5,9H,2-3,6-7H2,1H3,(H,15,18)(H,16,17)/t9-/m1/s1. The first-order valence-electron chi connectivity index (χ1n) is 6.54. The highest BCUT2D eigenvalue weighted by Gasteiger charge is 2.25. The number of aromatic amines is 1.